The molecule has 1 fully saturated rings. The maximum atomic E-state index is 9.87. The third-order valence-electron chi connectivity index (χ3n) is 3.85. The molecule has 0 spiro atoms. The van der Waals surface area contributed by atoms with Gasteiger partial charge in [-0.25, -0.2) is 0 Å². The van der Waals surface area contributed by atoms with E-state index in [9.17, 15) is 10.2 Å². The number of methoxy groups -OCH3 is 1. The van der Waals surface area contributed by atoms with E-state index in [2.05, 4.69) is 0 Å². The molecule has 1 aliphatic rings. The molecule has 20 heavy (non-hydrogen) atoms. The minimum absolute atomic E-state index is 0.173. The highest BCUT2D eigenvalue weighted by atomic mass is 16.5. The molecule has 106 valence electrons. The number of benzene rings is 2. The maximum Gasteiger partial charge on any atom is 0.125 e. The van der Waals surface area contributed by atoms with Crippen LogP contribution in [0.25, 0.3) is 10.8 Å². The molecule has 0 radical (unpaired) electrons. The minimum Gasteiger partial charge on any atom is -0.496 e. The lowest BCUT2D eigenvalue weighted by Crippen LogP contribution is -2.24. The number of fused-ring (bicyclic) bond motifs is 1. The topological polar surface area (TPSA) is 58.9 Å². The van der Waals surface area contributed by atoms with Gasteiger partial charge in [0.1, 0.15) is 11.9 Å². The first kappa shape index (κ1) is 13.4. The van der Waals surface area contributed by atoms with Crippen molar-refractivity contribution in [2.45, 2.75) is 24.7 Å². The predicted octanol–water partition coefficient (Wildman–Crippen LogP) is 2.03. The zero-order valence-electron chi connectivity index (χ0n) is 11.3. The molecule has 3 atom stereocenters. The Morgan fingerprint density at radius 2 is 1.95 bits per heavy atom. The fraction of sp³-hybridized carbons (Fsp3) is 0.375. The standard InChI is InChI=1S/C16H18O4/c1-19-14-7-11-5-3-2-4-10(11)6-12(14)15-8-13(18)16(9-17)20-15/h2-7,13,15-18H,8-9H2,1H3/t13-,15?,16?/m1/s1. The van der Waals surface area contributed by atoms with E-state index in [-0.39, 0.29) is 12.7 Å². The van der Waals surface area contributed by atoms with Gasteiger partial charge in [0, 0.05) is 12.0 Å². The van der Waals surface area contributed by atoms with Crippen LogP contribution in [0.15, 0.2) is 36.4 Å². The lowest BCUT2D eigenvalue weighted by molar-refractivity contribution is -0.0230. The van der Waals surface area contributed by atoms with Crippen molar-refractivity contribution < 1.29 is 19.7 Å². The van der Waals surface area contributed by atoms with Gasteiger partial charge in [-0.3, -0.25) is 0 Å². The highest BCUT2D eigenvalue weighted by Crippen LogP contribution is 2.39. The summed E-state index contributed by atoms with van der Waals surface area (Å²) in [6, 6.07) is 12.0. The second-order valence-electron chi connectivity index (χ2n) is 5.09. The van der Waals surface area contributed by atoms with E-state index in [1.54, 1.807) is 7.11 Å². The Morgan fingerprint density at radius 3 is 2.55 bits per heavy atom. The molecule has 0 bridgehead atoms. The molecule has 0 amide bonds. The second-order valence-corrected chi connectivity index (χ2v) is 5.09. The van der Waals surface area contributed by atoms with E-state index in [4.69, 9.17) is 9.47 Å². The number of aliphatic hydroxyl groups is 2. The normalized spacial score (nSPS) is 26.1. The Morgan fingerprint density at radius 1 is 1.25 bits per heavy atom. The highest BCUT2D eigenvalue weighted by Gasteiger charge is 2.35. The fourth-order valence-corrected chi connectivity index (χ4v) is 2.76. The molecular weight excluding hydrogens is 256 g/mol. The van der Waals surface area contributed by atoms with E-state index in [1.807, 2.05) is 36.4 Å². The van der Waals surface area contributed by atoms with Gasteiger partial charge in [-0.1, -0.05) is 24.3 Å². The molecule has 1 saturated heterocycles. The molecule has 4 heteroatoms. The molecule has 0 saturated carbocycles. The monoisotopic (exact) mass is 274 g/mol. The average molecular weight is 274 g/mol. The predicted molar refractivity (Wildman–Crippen MR) is 75.8 cm³/mol. The van der Waals surface area contributed by atoms with Crippen molar-refractivity contribution in [3.8, 4) is 5.75 Å². The molecule has 1 heterocycles. The van der Waals surface area contributed by atoms with Crippen LogP contribution in [0.3, 0.4) is 0 Å². The Bertz CT molecular complexity index is 610. The Balaban J connectivity index is 2.02. The summed E-state index contributed by atoms with van der Waals surface area (Å²) in [6.07, 6.45) is -0.931. The van der Waals surface area contributed by atoms with Crippen LogP contribution in [0, 0.1) is 0 Å². The summed E-state index contributed by atoms with van der Waals surface area (Å²) in [5.74, 6) is 0.750. The van der Waals surface area contributed by atoms with Gasteiger partial charge in [0.15, 0.2) is 0 Å². The summed E-state index contributed by atoms with van der Waals surface area (Å²) < 4.78 is 11.2. The number of ether oxygens (including phenoxy) is 2. The summed E-state index contributed by atoms with van der Waals surface area (Å²) in [5.41, 5.74) is 0.918. The molecular formula is C16H18O4. The van der Waals surface area contributed by atoms with Crippen LogP contribution in [0.5, 0.6) is 5.75 Å². The molecule has 1 aliphatic heterocycles. The van der Waals surface area contributed by atoms with E-state index >= 15 is 0 Å². The van der Waals surface area contributed by atoms with E-state index in [1.165, 1.54) is 0 Å². The Kier molecular flexibility index (Phi) is 3.61. The molecule has 2 unspecified atom stereocenters. The van der Waals surface area contributed by atoms with Crippen molar-refractivity contribution in [3.63, 3.8) is 0 Å². The van der Waals surface area contributed by atoms with Gasteiger partial charge in [-0.05, 0) is 22.9 Å². The van der Waals surface area contributed by atoms with Crippen LogP contribution in [0.1, 0.15) is 18.1 Å². The summed E-state index contributed by atoms with van der Waals surface area (Å²) in [7, 11) is 1.63. The largest absolute Gasteiger partial charge is 0.496 e. The fourth-order valence-electron chi connectivity index (χ4n) is 2.76. The van der Waals surface area contributed by atoms with Gasteiger partial charge in [-0.15, -0.1) is 0 Å². The lowest BCUT2D eigenvalue weighted by Gasteiger charge is -2.16. The van der Waals surface area contributed by atoms with Crippen molar-refractivity contribution in [1.82, 2.24) is 0 Å². The number of hydrogen-bond acceptors (Lipinski definition) is 4. The first-order valence-corrected chi connectivity index (χ1v) is 6.74. The van der Waals surface area contributed by atoms with Crippen LogP contribution in [0.4, 0.5) is 0 Å². The van der Waals surface area contributed by atoms with E-state index < -0.39 is 12.2 Å². The third-order valence-corrected chi connectivity index (χ3v) is 3.85. The number of rotatable bonds is 3. The quantitative estimate of drug-likeness (QED) is 0.899. The van der Waals surface area contributed by atoms with Gasteiger partial charge in [0.05, 0.1) is 25.9 Å². The second kappa shape index (κ2) is 5.40. The third kappa shape index (κ3) is 2.26. The van der Waals surface area contributed by atoms with Gasteiger partial charge in [0.2, 0.25) is 0 Å². The van der Waals surface area contributed by atoms with E-state index in [0.29, 0.717) is 6.42 Å². The lowest BCUT2D eigenvalue weighted by atomic mass is 9.99. The molecule has 0 aliphatic carbocycles. The van der Waals surface area contributed by atoms with Crippen molar-refractivity contribution >= 4 is 10.8 Å². The van der Waals surface area contributed by atoms with Crippen molar-refractivity contribution in [2.24, 2.45) is 0 Å². The molecule has 3 rings (SSSR count). The van der Waals surface area contributed by atoms with Gasteiger partial charge in [-0.2, -0.15) is 0 Å². The molecule has 0 aromatic heterocycles. The Hall–Kier alpha value is -1.62. The minimum atomic E-state index is -0.638. The zero-order valence-corrected chi connectivity index (χ0v) is 11.3. The van der Waals surface area contributed by atoms with Crippen molar-refractivity contribution in [3.05, 3.63) is 42.0 Å². The van der Waals surface area contributed by atoms with Crippen molar-refractivity contribution in [2.75, 3.05) is 13.7 Å². The highest BCUT2D eigenvalue weighted by molar-refractivity contribution is 5.85. The SMILES string of the molecule is COc1cc2ccccc2cc1C1C[C@@H](O)C(CO)O1. The molecule has 2 N–H and O–H groups in total. The summed E-state index contributed by atoms with van der Waals surface area (Å²) in [5, 5.41) is 21.3. The number of hydrogen-bond donors (Lipinski definition) is 2. The Labute approximate surface area is 117 Å². The van der Waals surface area contributed by atoms with Crippen molar-refractivity contribution in [1.29, 1.82) is 0 Å². The van der Waals surface area contributed by atoms with Gasteiger partial charge >= 0.3 is 0 Å². The van der Waals surface area contributed by atoms with E-state index in [0.717, 1.165) is 22.1 Å². The van der Waals surface area contributed by atoms with Crippen LogP contribution in [-0.2, 0) is 4.74 Å². The summed E-state index contributed by atoms with van der Waals surface area (Å²) in [6.45, 7) is -0.173. The first-order chi connectivity index (χ1) is 9.72. The zero-order chi connectivity index (χ0) is 14.1. The first-order valence-electron chi connectivity index (χ1n) is 6.74. The maximum absolute atomic E-state index is 9.87. The molecule has 4 nitrogen and oxygen atoms in total. The van der Waals surface area contributed by atoms with Crippen LogP contribution >= 0.6 is 0 Å². The van der Waals surface area contributed by atoms with Crippen LogP contribution in [0.2, 0.25) is 0 Å². The number of aliphatic hydroxyl groups excluding tert-OH is 2. The molecule has 2 aromatic carbocycles. The molecule has 2 aromatic rings. The summed E-state index contributed by atoms with van der Waals surface area (Å²) >= 11 is 0. The summed E-state index contributed by atoms with van der Waals surface area (Å²) in [4.78, 5) is 0. The van der Waals surface area contributed by atoms with Crippen LogP contribution in [-0.4, -0.2) is 36.1 Å². The smallest absolute Gasteiger partial charge is 0.125 e. The van der Waals surface area contributed by atoms with Crippen LogP contribution < -0.4 is 4.74 Å². The van der Waals surface area contributed by atoms with Gasteiger partial charge < -0.3 is 19.7 Å². The average Bonchev–Trinajstić information content (AvgIpc) is 2.86. The van der Waals surface area contributed by atoms with Gasteiger partial charge in [0.25, 0.3) is 0 Å².